The molecule has 1 rings (SSSR count). The zero-order chi connectivity index (χ0) is 14.3. The minimum Gasteiger partial charge on any atom is -0.494 e. The van der Waals surface area contributed by atoms with E-state index in [2.05, 4.69) is 6.58 Å². The predicted octanol–water partition coefficient (Wildman–Crippen LogP) is 2.06. The molecule has 104 valence electrons. The summed E-state index contributed by atoms with van der Waals surface area (Å²) in [6, 6.07) is 7.08. The van der Waals surface area contributed by atoms with E-state index in [1.165, 1.54) is 7.11 Å². The average Bonchev–Trinajstić information content (AvgIpc) is 2.45. The molecule has 4 heteroatoms. The number of hydrogen-bond acceptors (Lipinski definition) is 4. The Morgan fingerprint density at radius 2 is 2.05 bits per heavy atom. The Kier molecular flexibility index (Phi) is 5.57. The number of carbonyl (C=O) groups excluding carboxylic acids is 1. The molecule has 0 saturated heterocycles. The Balaban J connectivity index is 3.16. The number of benzene rings is 1. The summed E-state index contributed by atoms with van der Waals surface area (Å²) in [7, 11) is 1.31. The van der Waals surface area contributed by atoms with Gasteiger partial charge in [0.1, 0.15) is 11.2 Å². The van der Waals surface area contributed by atoms with Crippen molar-refractivity contribution >= 4 is 5.97 Å². The van der Waals surface area contributed by atoms with Crippen molar-refractivity contribution in [2.45, 2.75) is 18.8 Å². The number of methoxy groups -OCH3 is 1. The third-order valence-electron chi connectivity index (χ3n) is 3.06. The second kappa shape index (κ2) is 6.95. The Hall–Kier alpha value is -1.81. The van der Waals surface area contributed by atoms with Crippen molar-refractivity contribution in [3.05, 3.63) is 42.5 Å². The van der Waals surface area contributed by atoms with Crippen LogP contribution < -0.4 is 4.74 Å². The first-order valence-corrected chi connectivity index (χ1v) is 6.18. The largest absolute Gasteiger partial charge is 0.494 e. The van der Waals surface area contributed by atoms with Gasteiger partial charge in [-0.3, -0.25) is 4.79 Å². The molecule has 4 nitrogen and oxygen atoms in total. The SMILES string of the molecule is C=CCC(CO)(C(=O)OC)c1ccc(OCC)cc1. The maximum atomic E-state index is 12.0. The lowest BCUT2D eigenvalue weighted by Gasteiger charge is -2.28. The molecule has 0 fully saturated rings. The van der Waals surface area contributed by atoms with E-state index in [0.717, 1.165) is 5.75 Å². The van der Waals surface area contributed by atoms with Crippen LogP contribution in [0, 0.1) is 0 Å². The van der Waals surface area contributed by atoms with Crippen molar-refractivity contribution in [1.82, 2.24) is 0 Å². The van der Waals surface area contributed by atoms with Crippen LogP contribution in [0.2, 0.25) is 0 Å². The lowest BCUT2D eigenvalue weighted by Crippen LogP contribution is -2.40. The van der Waals surface area contributed by atoms with Crippen LogP contribution >= 0.6 is 0 Å². The molecule has 0 aliphatic carbocycles. The topological polar surface area (TPSA) is 55.8 Å². The van der Waals surface area contributed by atoms with Crippen molar-refractivity contribution < 1.29 is 19.4 Å². The fraction of sp³-hybridized carbons (Fsp3) is 0.400. The number of ether oxygens (including phenoxy) is 2. The fourth-order valence-corrected chi connectivity index (χ4v) is 2.02. The maximum absolute atomic E-state index is 12.0. The zero-order valence-electron chi connectivity index (χ0n) is 11.4. The Bertz CT molecular complexity index is 424. The van der Waals surface area contributed by atoms with Crippen LogP contribution in [0.5, 0.6) is 5.75 Å². The van der Waals surface area contributed by atoms with Gasteiger partial charge in [-0.1, -0.05) is 18.2 Å². The van der Waals surface area contributed by atoms with E-state index in [1.807, 2.05) is 6.92 Å². The van der Waals surface area contributed by atoms with Crippen LogP contribution in [-0.2, 0) is 14.9 Å². The first-order chi connectivity index (χ1) is 9.14. The van der Waals surface area contributed by atoms with Gasteiger partial charge in [-0.15, -0.1) is 6.58 Å². The molecule has 1 aromatic carbocycles. The number of rotatable bonds is 7. The van der Waals surface area contributed by atoms with Gasteiger partial charge in [0.05, 0.1) is 20.3 Å². The summed E-state index contributed by atoms with van der Waals surface area (Å²) in [5.41, 5.74) is -0.411. The van der Waals surface area contributed by atoms with E-state index in [4.69, 9.17) is 9.47 Å². The Morgan fingerprint density at radius 1 is 1.42 bits per heavy atom. The summed E-state index contributed by atoms with van der Waals surface area (Å²) < 4.78 is 10.2. The summed E-state index contributed by atoms with van der Waals surface area (Å²) >= 11 is 0. The molecule has 0 bridgehead atoms. The summed E-state index contributed by atoms with van der Waals surface area (Å²) in [6.07, 6.45) is 1.91. The van der Waals surface area contributed by atoms with Crippen molar-refractivity contribution in [1.29, 1.82) is 0 Å². The monoisotopic (exact) mass is 264 g/mol. The highest BCUT2D eigenvalue weighted by Crippen LogP contribution is 2.31. The highest BCUT2D eigenvalue weighted by molar-refractivity contribution is 5.83. The number of esters is 1. The number of hydrogen-bond donors (Lipinski definition) is 1. The van der Waals surface area contributed by atoms with Gasteiger partial charge in [-0.25, -0.2) is 0 Å². The molecular weight excluding hydrogens is 244 g/mol. The number of carbonyl (C=O) groups is 1. The highest BCUT2D eigenvalue weighted by atomic mass is 16.5. The van der Waals surface area contributed by atoms with Gasteiger partial charge in [0.25, 0.3) is 0 Å². The van der Waals surface area contributed by atoms with E-state index in [0.29, 0.717) is 18.6 Å². The van der Waals surface area contributed by atoms with Gasteiger partial charge in [0.15, 0.2) is 0 Å². The zero-order valence-corrected chi connectivity index (χ0v) is 11.4. The van der Waals surface area contributed by atoms with Crippen LogP contribution in [0.1, 0.15) is 18.9 Å². The lowest BCUT2D eigenvalue weighted by atomic mass is 9.78. The van der Waals surface area contributed by atoms with E-state index in [9.17, 15) is 9.90 Å². The second-order valence-corrected chi connectivity index (χ2v) is 4.18. The van der Waals surface area contributed by atoms with Crippen LogP contribution in [0.15, 0.2) is 36.9 Å². The Labute approximate surface area is 113 Å². The molecule has 0 spiro atoms. The highest BCUT2D eigenvalue weighted by Gasteiger charge is 2.39. The third-order valence-corrected chi connectivity index (χ3v) is 3.06. The minimum absolute atomic E-state index is 0.310. The second-order valence-electron chi connectivity index (χ2n) is 4.18. The van der Waals surface area contributed by atoms with Gasteiger partial charge in [0.2, 0.25) is 0 Å². The molecule has 0 aliphatic heterocycles. The van der Waals surface area contributed by atoms with Crippen molar-refractivity contribution in [2.24, 2.45) is 0 Å². The molecular formula is C15H20O4. The smallest absolute Gasteiger partial charge is 0.318 e. The standard InChI is InChI=1S/C15H20O4/c1-4-10-15(11-16,14(17)18-3)12-6-8-13(9-7-12)19-5-2/h4,6-9,16H,1,5,10-11H2,2-3H3. The van der Waals surface area contributed by atoms with Gasteiger partial charge in [-0.2, -0.15) is 0 Å². The molecule has 1 N–H and O–H groups in total. The van der Waals surface area contributed by atoms with E-state index < -0.39 is 11.4 Å². The van der Waals surface area contributed by atoms with Crippen LogP contribution in [0.3, 0.4) is 0 Å². The van der Waals surface area contributed by atoms with Crippen molar-refractivity contribution in [3.63, 3.8) is 0 Å². The van der Waals surface area contributed by atoms with Crippen LogP contribution in [0.25, 0.3) is 0 Å². The number of allylic oxidation sites excluding steroid dienone is 1. The first-order valence-electron chi connectivity index (χ1n) is 6.18. The molecule has 0 radical (unpaired) electrons. The summed E-state index contributed by atoms with van der Waals surface area (Å²) in [5, 5.41) is 9.66. The van der Waals surface area contributed by atoms with E-state index >= 15 is 0 Å². The van der Waals surface area contributed by atoms with Gasteiger partial charge in [0, 0.05) is 0 Å². The maximum Gasteiger partial charge on any atom is 0.318 e. The molecule has 0 heterocycles. The molecule has 0 aliphatic rings. The number of aliphatic hydroxyl groups is 1. The third kappa shape index (κ3) is 3.15. The molecule has 1 atom stereocenters. The molecule has 0 saturated carbocycles. The quantitative estimate of drug-likeness (QED) is 0.605. The van der Waals surface area contributed by atoms with Gasteiger partial charge in [-0.05, 0) is 31.0 Å². The minimum atomic E-state index is -1.10. The van der Waals surface area contributed by atoms with Crippen LogP contribution in [0.4, 0.5) is 0 Å². The van der Waals surface area contributed by atoms with Crippen molar-refractivity contribution in [2.75, 3.05) is 20.3 Å². The molecule has 0 aromatic heterocycles. The lowest BCUT2D eigenvalue weighted by molar-refractivity contribution is -0.149. The molecule has 1 aromatic rings. The Morgan fingerprint density at radius 3 is 2.47 bits per heavy atom. The van der Waals surface area contributed by atoms with Gasteiger partial charge >= 0.3 is 5.97 Å². The summed E-state index contributed by atoms with van der Waals surface area (Å²) in [6.45, 7) is 5.78. The normalized spacial score (nSPS) is 13.4. The van der Waals surface area contributed by atoms with Crippen LogP contribution in [-0.4, -0.2) is 31.4 Å². The first kappa shape index (κ1) is 15.2. The van der Waals surface area contributed by atoms with E-state index in [1.54, 1.807) is 30.3 Å². The van der Waals surface area contributed by atoms with Crippen molar-refractivity contribution in [3.8, 4) is 5.75 Å². The summed E-state index contributed by atoms with van der Waals surface area (Å²) in [4.78, 5) is 12.0. The number of aliphatic hydroxyl groups excluding tert-OH is 1. The summed E-state index contributed by atoms with van der Waals surface area (Å²) in [5.74, 6) is 0.251. The van der Waals surface area contributed by atoms with E-state index in [-0.39, 0.29) is 6.61 Å². The fourth-order valence-electron chi connectivity index (χ4n) is 2.02. The van der Waals surface area contributed by atoms with Gasteiger partial charge < -0.3 is 14.6 Å². The molecule has 1 unspecified atom stereocenters. The predicted molar refractivity (Wildman–Crippen MR) is 73.2 cm³/mol. The molecule has 19 heavy (non-hydrogen) atoms. The average molecular weight is 264 g/mol. The molecule has 0 amide bonds.